The van der Waals surface area contributed by atoms with Crippen LogP contribution in [0.5, 0.6) is 0 Å². The average Bonchev–Trinajstić information content (AvgIpc) is 2.76. The maximum Gasteiger partial charge on any atom is 1.00 e. The Morgan fingerprint density at radius 3 is 1.65 bits per heavy atom. The summed E-state index contributed by atoms with van der Waals surface area (Å²) in [6, 6.07) is 0. The van der Waals surface area contributed by atoms with Gasteiger partial charge in [-0.05, 0) is 0 Å². The molecule has 2 fully saturated rings. The number of likely N-dealkylation sites (N-methyl/N-ethyl adjacent to an activating group) is 1. The van der Waals surface area contributed by atoms with Gasteiger partial charge in [0.05, 0.1) is 19.0 Å². The van der Waals surface area contributed by atoms with Gasteiger partial charge in [-0.1, -0.05) is 13.8 Å². The van der Waals surface area contributed by atoms with Crippen molar-refractivity contribution in [3.05, 3.63) is 4.72 Å². The second-order valence-electron chi connectivity index (χ2n) is 2.97. The van der Waals surface area contributed by atoms with Crippen LogP contribution < -0.4 is 39.0 Å². The Labute approximate surface area is 140 Å². The first-order valence-corrected chi connectivity index (χ1v) is 8.04. The van der Waals surface area contributed by atoms with Crippen molar-refractivity contribution in [3.63, 3.8) is 0 Å². The predicted molar refractivity (Wildman–Crippen MR) is 66.3 cm³/mol. The minimum Gasteiger partial charge on any atom is -0.532 e. The number of rotatable bonds is 0. The van der Waals surface area contributed by atoms with Crippen molar-refractivity contribution in [2.24, 2.45) is 0 Å². The van der Waals surface area contributed by atoms with E-state index in [-0.39, 0.29) is 42.6 Å². The number of hydrogen-bond donors (Lipinski definition) is 2. The van der Waals surface area contributed by atoms with Crippen LogP contribution in [0.3, 0.4) is 0 Å². The average molecular weight is 338 g/mol. The van der Waals surface area contributed by atoms with Gasteiger partial charge in [0.2, 0.25) is 0 Å². The molecule has 0 aromatic heterocycles. The molecule has 2 N–H and O–H groups in total. The Bertz CT molecular complexity index is 546. The van der Waals surface area contributed by atoms with E-state index < -0.39 is 32.2 Å². The van der Waals surface area contributed by atoms with E-state index in [1.54, 1.807) is 0 Å². The van der Waals surface area contributed by atoms with Gasteiger partial charge >= 0.3 is 39.8 Å². The summed E-state index contributed by atoms with van der Waals surface area (Å²) < 4.78 is 48.8. The maximum absolute atomic E-state index is 10.6. The fraction of sp³-hybridized carbons (Fsp3) is 0.714. The van der Waals surface area contributed by atoms with Crippen LogP contribution in [0.15, 0.2) is 0 Å². The third kappa shape index (κ3) is 6.97. The second kappa shape index (κ2) is 8.92. The third-order valence-electron chi connectivity index (χ3n) is 1.75. The number of nitrogens with zero attached hydrogens (tertiary/aromatic N) is 2. The molecule has 2 heterocycles. The number of hydrogen-bond acceptors (Lipinski definition) is 6. The molecule has 2 saturated heterocycles. The van der Waals surface area contributed by atoms with Gasteiger partial charge in [0, 0.05) is 7.05 Å². The monoisotopic (exact) mass is 338 g/mol. The number of carbonyl (C=O) groups excluding carboxylic acids is 2. The fourth-order valence-electron chi connectivity index (χ4n) is 0.847. The van der Waals surface area contributed by atoms with Crippen LogP contribution in [0, 0.1) is 0 Å². The molecule has 0 saturated carbocycles. The third-order valence-corrected chi connectivity index (χ3v) is 4.13. The second-order valence-corrected chi connectivity index (χ2v) is 6.18. The molecule has 0 spiro atoms. The van der Waals surface area contributed by atoms with E-state index in [1.165, 1.54) is 7.05 Å². The van der Waals surface area contributed by atoms with Crippen LogP contribution in [0.25, 0.3) is 4.72 Å². The maximum atomic E-state index is 10.6. The zero-order chi connectivity index (χ0) is 15.3. The van der Waals surface area contributed by atoms with Crippen LogP contribution in [0.4, 0.5) is 0 Å². The molecule has 0 aliphatic carbocycles. The zero-order valence-corrected chi connectivity index (χ0v) is 15.2. The largest absolute Gasteiger partial charge is 1.00 e. The van der Waals surface area contributed by atoms with E-state index in [9.17, 15) is 26.4 Å². The van der Waals surface area contributed by atoms with E-state index in [1.807, 2.05) is 23.3 Å². The Kier molecular flexibility index (Phi) is 9.83. The summed E-state index contributed by atoms with van der Waals surface area (Å²) in [5.41, 5.74) is 0. The first kappa shape index (κ1) is 22.0. The molecular weight excluding hydrogens is 323 g/mol. The summed E-state index contributed by atoms with van der Waals surface area (Å²) in [6.45, 7) is 3.70. The first-order chi connectivity index (χ1) is 8.64. The standard InChI is InChI=1S/C3H6N2O3S.C2H4N2O3S.C2H6.Na/c1-5-3(6)2-4-9(5,7)8;5-2-1-3-8(6,7)4-2;1-2;/h4H,2H2,1H3;3H,1H2,(H,4,5);1-2H3;/q;;;+1/p-1. The topological polar surface area (TPSA) is 144 Å². The molecule has 0 radical (unpaired) electrons. The molecule has 2 rings (SSSR count). The van der Waals surface area contributed by atoms with Gasteiger partial charge < -0.3 is 9.52 Å². The van der Waals surface area contributed by atoms with Gasteiger partial charge in [-0.3, -0.25) is 4.79 Å². The molecule has 2 aliphatic rings. The molecule has 0 atom stereocenters. The number of amides is 2. The smallest absolute Gasteiger partial charge is 0.532 e. The van der Waals surface area contributed by atoms with Crippen molar-refractivity contribution in [1.82, 2.24) is 13.7 Å². The molecule has 13 heteroatoms. The van der Waals surface area contributed by atoms with Gasteiger partial charge in [-0.25, -0.2) is 17.4 Å². The molecule has 2 aliphatic heterocycles. The Balaban J connectivity index is 0. The normalized spacial score (nSPS) is 21.6. The molecular formula is C7H15N4NaO6S2. The number of carbonyl (C=O) groups is 2. The summed E-state index contributed by atoms with van der Waals surface area (Å²) in [5, 5.41) is 0. The van der Waals surface area contributed by atoms with Crippen LogP contribution in [0.2, 0.25) is 0 Å². The Morgan fingerprint density at radius 1 is 1.05 bits per heavy atom. The van der Waals surface area contributed by atoms with Gasteiger partial charge in [0.15, 0.2) is 10.2 Å². The fourth-order valence-corrected chi connectivity index (χ4v) is 2.38. The van der Waals surface area contributed by atoms with Crippen LogP contribution in [-0.4, -0.2) is 53.1 Å². The molecule has 0 aromatic rings. The summed E-state index contributed by atoms with van der Waals surface area (Å²) in [4.78, 5) is 20.5. The van der Waals surface area contributed by atoms with Gasteiger partial charge in [0.25, 0.3) is 5.91 Å². The van der Waals surface area contributed by atoms with Gasteiger partial charge in [0.1, 0.15) is 0 Å². The zero-order valence-electron chi connectivity index (χ0n) is 11.6. The molecule has 2 amide bonds. The molecule has 20 heavy (non-hydrogen) atoms. The molecule has 0 unspecified atom stereocenters. The SMILES string of the molecule is CC.CN1C(=O)CNS1(=O)=O.O=C1CNS(=O)(=O)[N-]1.[Na+]. The van der Waals surface area contributed by atoms with Crippen molar-refractivity contribution < 1.29 is 56.0 Å². The minimum absolute atomic E-state index is 0. The van der Waals surface area contributed by atoms with Gasteiger partial charge in [-0.2, -0.15) is 13.1 Å². The van der Waals surface area contributed by atoms with E-state index in [0.29, 0.717) is 4.31 Å². The first-order valence-electron chi connectivity index (χ1n) is 5.16. The predicted octanol–water partition coefficient (Wildman–Crippen LogP) is -4.94. The van der Waals surface area contributed by atoms with Crippen molar-refractivity contribution in [1.29, 1.82) is 0 Å². The Morgan fingerprint density at radius 2 is 1.55 bits per heavy atom. The van der Waals surface area contributed by atoms with E-state index in [4.69, 9.17) is 0 Å². The van der Waals surface area contributed by atoms with Crippen molar-refractivity contribution in [2.45, 2.75) is 13.8 Å². The summed E-state index contributed by atoms with van der Waals surface area (Å²) >= 11 is 0. The van der Waals surface area contributed by atoms with Crippen LogP contribution in [0.1, 0.15) is 13.8 Å². The van der Waals surface area contributed by atoms with Crippen LogP contribution in [-0.2, 0) is 30.0 Å². The van der Waals surface area contributed by atoms with Gasteiger partial charge in [-0.15, -0.1) is 0 Å². The van der Waals surface area contributed by atoms with E-state index in [0.717, 1.165) is 0 Å². The van der Waals surface area contributed by atoms with Crippen molar-refractivity contribution >= 4 is 32.2 Å². The van der Waals surface area contributed by atoms with E-state index in [2.05, 4.69) is 4.72 Å². The van der Waals surface area contributed by atoms with Crippen LogP contribution >= 0.6 is 0 Å². The van der Waals surface area contributed by atoms with Crippen molar-refractivity contribution in [3.8, 4) is 0 Å². The summed E-state index contributed by atoms with van der Waals surface area (Å²) in [7, 11) is -5.79. The number of nitrogens with one attached hydrogen (secondary N) is 2. The van der Waals surface area contributed by atoms with Crippen molar-refractivity contribution in [2.75, 3.05) is 20.1 Å². The molecule has 112 valence electrons. The van der Waals surface area contributed by atoms with E-state index >= 15 is 0 Å². The summed E-state index contributed by atoms with van der Waals surface area (Å²) in [6.07, 6.45) is 0. The summed E-state index contributed by atoms with van der Waals surface area (Å²) in [5.74, 6) is -1.06. The quantitative estimate of drug-likeness (QED) is 0.424. The molecule has 10 nitrogen and oxygen atoms in total. The molecule has 0 aromatic carbocycles. The Hall–Kier alpha value is -0.240. The minimum atomic E-state index is -3.57. The molecule has 0 bridgehead atoms.